The summed E-state index contributed by atoms with van der Waals surface area (Å²) in [6.07, 6.45) is 0. The summed E-state index contributed by atoms with van der Waals surface area (Å²) in [6, 6.07) is 89.5. The van der Waals surface area contributed by atoms with Crippen LogP contribution in [0.2, 0.25) is 0 Å². The maximum Gasteiger partial charge on any atom is 0.0165 e. The van der Waals surface area contributed by atoms with E-state index >= 15 is 0 Å². The van der Waals surface area contributed by atoms with Gasteiger partial charge in [-0.2, -0.15) is 0 Å². The van der Waals surface area contributed by atoms with Gasteiger partial charge in [-0.25, -0.2) is 0 Å². The second-order valence-electron chi connectivity index (χ2n) is 27.7. The van der Waals surface area contributed by atoms with Crippen LogP contribution in [0.15, 0.2) is 231 Å². The van der Waals surface area contributed by atoms with Gasteiger partial charge in [0.05, 0.1) is 0 Å². The first-order valence-electron chi connectivity index (χ1n) is 31.1. The molecule has 0 atom stereocenters. The van der Waals surface area contributed by atoms with Crippen molar-refractivity contribution in [3.63, 3.8) is 0 Å². The number of hydrogen-bond donors (Lipinski definition) is 0. The Kier molecular flexibility index (Phi) is 9.19. The maximum absolute atomic E-state index is 2.52. The van der Waals surface area contributed by atoms with E-state index < -0.39 is 0 Å². The molecule has 15 aromatic carbocycles. The van der Waals surface area contributed by atoms with Gasteiger partial charge in [-0.05, 0) is 197 Å². The molecule has 86 heavy (non-hydrogen) atoms. The lowest BCUT2D eigenvalue weighted by atomic mass is 9.58. The molecule has 0 heteroatoms. The highest BCUT2D eigenvalue weighted by atomic mass is 14.5. The fourth-order valence-corrected chi connectivity index (χ4v) is 18.4. The third-order valence-corrected chi connectivity index (χ3v) is 22.1. The predicted octanol–water partition coefficient (Wildman–Crippen LogP) is 23.5. The zero-order valence-electron chi connectivity index (χ0n) is 49.9. The van der Waals surface area contributed by atoms with Crippen LogP contribution >= 0.6 is 0 Å². The number of hydrogen-bond acceptors (Lipinski definition) is 0. The zero-order chi connectivity index (χ0) is 57.7. The highest BCUT2D eigenvalue weighted by Gasteiger charge is 2.47. The first-order valence-corrected chi connectivity index (χ1v) is 31.1. The Hall–Kier alpha value is -9.62. The molecule has 4 aliphatic rings. The van der Waals surface area contributed by atoms with Gasteiger partial charge in [-0.3, -0.25) is 0 Å². The summed E-state index contributed by atoms with van der Waals surface area (Å²) in [5.41, 5.74) is 26.3. The van der Waals surface area contributed by atoms with E-state index in [2.05, 4.69) is 286 Å². The van der Waals surface area contributed by atoms with Gasteiger partial charge >= 0.3 is 0 Å². The Labute approximate surface area is 502 Å². The van der Waals surface area contributed by atoms with Crippen LogP contribution in [-0.4, -0.2) is 0 Å². The average molecular weight is 1100 g/mol. The molecule has 4 aliphatic carbocycles. The van der Waals surface area contributed by atoms with Crippen molar-refractivity contribution in [2.24, 2.45) is 0 Å². The lowest BCUT2D eigenvalue weighted by Gasteiger charge is -2.45. The summed E-state index contributed by atoms with van der Waals surface area (Å²) in [5, 5.41) is 21.2. The van der Waals surface area contributed by atoms with E-state index in [1.807, 2.05) is 0 Å². The van der Waals surface area contributed by atoms with Crippen LogP contribution in [0, 0.1) is 0 Å². The minimum absolute atomic E-state index is 0.296. The van der Waals surface area contributed by atoms with Crippen LogP contribution in [0.25, 0.3) is 153 Å². The van der Waals surface area contributed by atoms with Crippen LogP contribution in [0.5, 0.6) is 0 Å². The largest absolute Gasteiger partial charge is 0.0616 e. The van der Waals surface area contributed by atoms with Gasteiger partial charge in [0.2, 0.25) is 0 Å². The van der Waals surface area contributed by atoms with Crippen molar-refractivity contribution in [2.45, 2.75) is 77.0 Å². The minimum atomic E-state index is -0.356. The van der Waals surface area contributed by atoms with Gasteiger partial charge < -0.3 is 0 Å². The summed E-state index contributed by atoms with van der Waals surface area (Å²) in [7, 11) is 0. The van der Waals surface area contributed by atoms with Crippen molar-refractivity contribution < 1.29 is 0 Å². The van der Waals surface area contributed by atoms with Gasteiger partial charge in [0.1, 0.15) is 0 Å². The Morgan fingerprint density at radius 2 is 0.419 bits per heavy atom. The van der Waals surface area contributed by atoms with Crippen LogP contribution in [0.3, 0.4) is 0 Å². The molecule has 0 aliphatic heterocycles. The quantitative estimate of drug-likeness (QED) is 0.154. The standard InChI is InChI=1S/C86H62/c1-83(2)65-43-37-51-33-41-63(81-71(51)77(65)75-67(85(81,5)6)45-35-49-31-39-61(79(83)69(49)75)55-29-17-21-47-19-9-11-23-53(47)55)73-57-25-13-15-27-59(57)74(60-28-16-14-26-58(60)73)64-42-34-52-38-44-66-78-72(52)82(64)86(7,8)68-46-36-50-32-40-62(80(84(66,3)4)70(50)76(68)78)56-30-18-22-48-20-10-12-24-54(48)56/h9-46H,1-8H3. The molecule has 0 heterocycles. The molecule has 0 radical (unpaired) electrons. The number of fused-ring (bicyclic) bond motifs is 4. The first kappa shape index (κ1) is 48.7. The Bertz CT molecular complexity index is 5270. The van der Waals surface area contributed by atoms with Crippen molar-refractivity contribution in [1.82, 2.24) is 0 Å². The zero-order valence-corrected chi connectivity index (χ0v) is 49.9. The van der Waals surface area contributed by atoms with E-state index in [1.165, 1.54) is 197 Å². The van der Waals surface area contributed by atoms with Crippen LogP contribution in [0.1, 0.15) is 99.9 Å². The third-order valence-electron chi connectivity index (χ3n) is 22.1. The molecule has 406 valence electrons. The van der Waals surface area contributed by atoms with E-state index in [0.717, 1.165) is 0 Å². The summed E-state index contributed by atoms with van der Waals surface area (Å²) >= 11 is 0. The summed E-state index contributed by atoms with van der Waals surface area (Å²) < 4.78 is 0. The van der Waals surface area contributed by atoms with Crippen molar-refractivity contribution in [3.8, 4) is 66.8 Å². The monoisotopic (exact) mass is 1090 g/mol. The molecule has 0 fully saturated rings. The lowest BCUT2D eigenvalue weighted by Crippen LogP contribution is -2.31. The predicted molar refractivity (Wildman–Crippen MR) is 368 cm³/mol. The Morgan fingerprint density at radius 3 is 0.733 bits per heavy atom. The highest BCUT2D eigenvalue weighted by molar-refractivity contribution is 6.27. The Morgan fingerprint density at radius 1 is 0.174 bits per heavy atom. The third kappa shape index (κ3) is 5.82. The smallest absolute Gasteiger partial charge is 0.0165 e. The summed E-state index contributed by atoms with van der Waals surface area (Å²) in [6.45, 7) is 20.0. The van der Waals surface area contributed by atoms with E-state index in [-0.39, 0.29) is 21.7 Å². The summed E-state index contributed by atoms with van der Waals surface area (Å²) in [5.74, 6) is 0. The molecule has 0 bridgehead atoms. The lowest BCUT2D eigenvalue weighted by molar-refractivity contribution is 0.629. The molecule has 0 aromatic heterocycles. The Balaban J connectivity index is 0.881. The number of rotatable bonds is 4. The molecule has 0 unspecified atom stereocenters. The molecule has 0 N–H and O–H groups in total. The van der Waals surface area contributed by atoms with Gasteiger partial charge in [0, 0.05) is 21.7 Å². The molecule has 19 rings (SSSR count). The topological polar surface area (TPSA) is 0 Å². The van der Waals surface area contributed by atoms with Gasteiger partial charge in [-0.15, -0.1) is 0 Å². The van der Waals surface area contributed by atoms with E-state index in [9.17, 15) is 0 Å². The fraction of sp³-hybridized carbons (Fsp3) is 0.140. The fourth-order valence-electron chi connectivity index (χ4n) is 18.4. The average Bonchev–Trinajstić information content (AvgIpc) is 0.688. The van der Waals surface area contributed by atoms with Crippen LogP contribution < -0.4 is 0 Å². The summed E-state index contributed by atoms with van der Waals surface area (Å²) in [4.78, 5) is 0. The van der Waals surface area contributed by atoms with Crippen LogP contribution in [0.4, 0.5) is 0 Å². The molecule has 0 spiro atoms. The SMILES string of the molecule is CC1(C)c2ccc3ccc(-c4c5ccccc5c(-c5ccc6ccc7c8c6c5C(C)(C)c5ccc6ccc(-c9cccc%10ccccc9%10)c(c6c5-8)C7(C)C)c5ccccc45)c4c3c2-c2c(ccc3ccc(-c5cccc6ccccc56)c1c23)C4(C)C. The van der Waals surface area contributed by atoms with E-state index in [4.69, 9.17) is 0 Å². The highest BCUT2D eigenvalue weighted by Crippen LogP contribution is 2.65. The molecule has 15 aromatic rings. The van der Waals surface area contributed by atoms with Gasteiger partial charge in [0.15, 0.2) is 0 Å². The number of benzene rings is 15. The van der Waals surface area contributed by atoms with Gasteiger partial charge in [-0.1, -0.05) is 286 Å². The van der Waals surface area contributed by atoms with Crippen LogP contribution in [-0.2, 0) is 21.7 Å². The molecule has 0 nitrogen and oxygen atoms in total. The molecule has 0 saturated heterocycles. The second kappa shape index (κ2) is 16.2. The maximum atomic E-state index is 2.52. The van der Waals surface area contributed by atoms with Gasteiger partial charge in [0.25, 0.3) is 0 Å². The van der Waals surface area contributed by atoms with Crippen molar-refractivity contribution in [2.75, 3.05) is 0 Å². The van der Waals surface area contributed by atoms with Crippen molar-refractivity contribution in [1.29, 1.82) is 0 Å². The minimum Gasteiger partial charge on any atom is -0.0616 e. The molecular formula is C86H62. The second-order valence-corrected chi connectivity index (χ2v) is 27.7. The molecular weight excluding hydrogens is 1030 g/mol. The van der Waals surface area contributed by atoms with E-state index in [1.54, 1.807) is 0 Å². The molecule has 0 saturated carbocycles. The normalized spacial score (nSPS) is 15.8. The van der Waals surface area contributed by atoms with Crippen molar-refractivity contribution in [3.05, 3.63) is 275 Å². The first-order chi connectivity index (χ1) is 41.7. The van der Waals surface area contributed by atoms with Crippen molar-refractivity contribution >= 4 is 86.2 Å². The van der Waals surface area contributed by atoms with E-state index in [0.29, 0.717) is 0 Å². The molecule has 0 amide bonds.